The molecule has 5 nitrogen and oxygen atoms in total. The summed E-state index contributed by atoms with van der Waals surface area (Å²) in [6.07, 6.45) is 0.889. The number of hydrogen-bond donors (Lipinski definition) is 1. The number of rotatable bonds is 2. The van der Waals surface area contributed by atoms with E-state index in [4.69, 9.17) is 4.74 Å². The Bertz CT molecular complexity index is 314. The predicted molar refractivity (Wildman–Crippen MR) is 75.2 cm³/mol. The lowest BCUT2D eigenvalue weighted by molar-refractivity contribution is -0.000759. The molecular formula is C14H27N3O2. The first-order valence-electron chi connectivity index (χ1n) is 7.41. The van der Waals surface area contributed by atoms with Crippen LogP contribution in [-0.2, 0) is 4.74 Å². The second kappa shape index (κ2) is 6.09. The highest BCUT2D eigenvalue weighted by atomic mass is 16.6. The van der Waals surface area contributed by atoms with Crippen LogP contribution in [0, 0.1) is 5.41 Å². The van der Waals surface area contributed by atoms with E-state index in [1.807, 2.05) is 11.8 Å². The number of amides is 1. The summed E-state index contributed by atoms with van der Waals surface area (Å²) in [4.78, 5) is 16.3. The average molecular weight is 269 g/mol. The second-order valence-corrected chi connectivity index (χ2v) is 6.20. The van der Waals surface area contributed by atoms with Crippen molar-refractivity contribution in [3.63, 3.8) is 0 Å². The molecule has 0 radical (unpaired) electrons. The standard InChI is InChI=1S/C14H27N3O2/c1-4-19-13(18)17-8-5-12(14(2,3)11-17)16-9-6-15-7-10-16/h12,15H,4-11H2,1-3H3. The van der Waals surface area contributed by atoms with E-state index in [0.717, 1.165) is 45.7 Å². The van der Waals surface area contributed by atoms with Gasteiger partial charge in [-0.05, 0) is 18.8 Å². The van der Waals surface area contributed by atoms with Gasteiger partial charge in [0.05, 0.1) is 6.61 Å². The lowest BCUT2D eigenvalue weighted by Crippen LogP contribution is -2.60. The first-order chi connectivity index (χ1) is 9.04. The minimum Gasteiger partial charge on any atom is -0.450 e. The first kappa shape index (κ1) is 14.6. The van der Waals surface area contributed by atoms with Crippen molar-refractivity contribution in [3.05, 3.63) is 0 Å². The minimum atomic E-state index is -0.158. The van der Waals surface area contributed by atoms with Gasteiger partial charge in [0, 0.05) is 45.3 Å². The summed E-state index contributed by atoms with van der Waals surface area (Å²) in [5.41, 5.74) is 0.127. The molecule has 2 saturated heterocycles. The van der Waals surface area contributed by atoms with E-state index in [1.165, 1.54) is 0 Å². The summed E-state index contributed by atoms with van der Waals surface area (Å²) in [5.74, 6) is 0. The lowest BCUT2D eigenvalue weighted by atomic mass is 9.78. The van der Waals surface area contributed by atoms with Crippen molar-refractivity contribution in [1.82, 2.24) is 15.1 Å². The highest BCUT2D eigenvalue weighted by Gasteiger charge is 2.41. The molecule has 1 atom stereocenters. The smallest absolute Gasteiger partial charge is 0.409 e. The maximum absolute atomic E-state index is 11.8. The molecule has 2 aliphatic heterocycles. The van der Waals surface area contributed by atoms with Gasteiger partial charge in [-0.15, -0.1) is 0 Å². The summed E-state index contributed by atoms with van der Waals surface area (Å²) >= 11 is 0. The molecule has 2 fully saturated rings. The monoisotopic (exact) mass is 269 g/mol. The molecule has 1 N–H and O–H groups in total. The van der Waals surface area contributed by atoms with Gasteiger partial charge in [0.25, 0.3) is 0 Å². The van der Waals surface area contributed by atoms with Gasteiger partial charge >= 0.3 is 6.09 Å². The van der Waals surface area contributed by atoms with E-state index < -0.39 is 0 Å². The molecule has 0 saturated carbocycles. The molecule has 1 amide bonds. The van der Waals surface area contributed by atoms with Gasteiger partial charge in [0.15, 0.2) is 0 Å². The number of carbonyl (C=O) groups is 1. The molecule has 5 heteroatoms. The number of hydrogen-bond acceptors (Lipinski definition) is 4. The number of carbonyl (C=O) groups excluding carboxylic acids is 1. The fraction of sp³-hybridized carbons (Fsp3) is 0.929. The van der Waals surface area contributed by atoms with Crippen LogP contribution in [0.25, 0.3) is 0 Å². The molecule has 0 aliphatic carbocycles. The molecule has 2 rings (SSSR count). The van der Waals surface area contributed by atoms with Crippen LogP contribution in [0.15, 0.2) is 0 Å². The zero-order valence-electron chi connectivity index (χ0n) is 12.4. The van der Waals surface area contributed by atoms with Gasteiger partial charge in [0.2, 0.25) is 0 Å². The molecule has 2 aliphatic rings. The fourth-order valence-electron chi connectivity index (χ4n) is 3.39. The number of likely N-dealkylation sites (tertiary alicyclic amines) is 1. The highest BCUT2D eigenvalue weighted by molar-refractivity contribution is 5.67. The van der Waals surface area contributed by atoms with Crippen molar-refractivity contribution in [3.8, 4) is 0 Å². The van der Waals surface area contributed by atoms with Gasteiger partial charge in [0.1, 0.15) is 0 Å². The van der Waals surface area contributed by atoms with E-state index in [0.29, 0.717) is 12.6 Å². The van der Waals surface area contributed by atoms with Crippen molar-refractivity contribution in [2.45, 2.75) is 33.2 Å². The Morgan fingerprint density at radius 1 is 1.32 bits per heavy atom. The Balaban J connectivity index is 1.96. The zero-order chi connectivity index (χ0) is 13.9. The van der Waals surface area contributed by atoms with E-state index in [9.17, 15) is 4.79 Å². The van der Waals surface area contributed by atoms with Gasteiger partial charge in [-0.1, -0.05) is 13.8 Å². The third-order valence-electron chi connectivity index (χ3n) is 4.29. The van der Waals surface area contributed by atoms with E-state index in [-0.39, 0.29) is 11.5 Å². The van der Waals surface area contributed by atoms with Crippen molar-refractivity contribution in [2.24, 2.45) is 5.41 Å². The number of piperidine rings is 1. The number of nitrogens with one attached hydrogen (secondary N) is 1. The molecule has 19 heavy (non-hydrogen) atoms. The SMILES string of the molecule is CCOC(=O)N1CCC(N2CCNCC2)C(C)(C)C1. The molecule has 0 spiro atoms. The summed E-state index contributed by atoms with van der Waals surface area (Å²) in [5, 5.41) is 3.40. The van der Waals surface area contributed by atoms with E-state index >= 15 is 0 Å². The Morgan fingerprint density at radius 2 is 2.00 bits per heavy atom. The topological polar surface area (TPSA) is 44.8 Å². The quantitative estimate of drug-likeness (QED) is 0.817. The fourth-order valence-corrected chi connectivity index (χ4v) is 3.39. The summed E-state index contributed by atoms with van der Waals surface area (Å²) in [6.45, 7) is 12.9. The van der Waals surface area contributed by atoms with Crippen molar-refractivity contribution < 1.29 is 9.53 Å². The van der Waals surface area contributed by atoms with Crippen LogP contribution in [0.2, 0.25) is 0 Å². The van der Waals surface area contributed by atoms with E-state index in [1.54, 1.807) is 0 Å². The van der Waals surface area contributed by atoms with Crippen molar-refractivity contribution in [2.75, 3.05) is 45.9 Å². The minimum absolute atomic E-state index is 0.127. The summed E-state index contributed by atoms with van der Waals surface area (Å²) in [7, 11) is 0. The lowest BCUT2D eigenvalue weighted by Gasteiger charge is -2.49. The van der Waals surface area contributed by atoms with Crippen LogP contribution < -0.4 is 5.32 Å². The third kappa shape index (κ3) is 3.39. The molecule has 2 heterocycles. The first-order valence-corrected chi connectivity index (χ1v) is 7.41. The maximum Gasteiger partial charge on any atom is 0.409 e. The molecule has 0 aromatic heterocycles. The zero-order valence-corrected chi connectivity index (χ0v) is 12.4. The average Bonchev–Trinajstić information content (AvgIpc) is 2.39. The van der Waals surface area contributed by atoms with E-state index in [2.05, 4.69) is 24.1 Å². The molecule has 0 aromatic rings. The Kier molecular flexibility index (Phi) is 4.68. The normalized spacial score (nSPS) is 28.2. The number of ether oxygens (including phenoxy) is 1. The molecule has 0 bridgehead atoms. The second-order valence-electron chi connectivity index (χ2n) is 6.20. The predicted octanol–water partition coefficient (Wildman–Crippen LogP) is 1.15. The van der Waals surface area contributed by atoms with Gasteiger partial charge < -0.3 is 15.0 Å². The Hall–Kier alpha value is -0.810. The van der Waals surface area contributed by atoms with Crippen LogP contribution in [0.4, 0.5) is 4.79 Å². The van der Waals surface area contributed by atoms with Gasteiger partial charge in [-0.2, -0.15) is 0 Å². The van der Waals surface area contributed by atoms with Gasteiger partial charge in [-0.25, -0.2) is 4.79 Å². The van der Waals surface area contributed by atoms with Gasteiger partial charge in [-0.3, -0.25) is 4.90 Å². The Morgan fingerprint density at radius 3 is 2.58 bits per heavy atom. The van der Waals surface area contributed by atoms with Crippen molar-refractivity contribution in [1.29, 1.82) is 0 Å². The Labute approximate surface area is 116 Å². The number of piperazine rings is 1. The largest absolute Gasteiger partial charge is 0.450 e. The van der Waals surface area contributed by atoms with Crippen LogP contribution in [-0.4, -0.2) is 67.8 Å². The van der Waals surface area contributed by atoms with Crippen LogP contribution in [0.1, 0.15) is 27.2 Å². The summed E-state index contributed by atoms with van der Waals surface area (Å²) < 4.78 is 5.12. The van der Waals surface area contributed by atoms with Crippen molar-refractivity contribution >= 4 is 6.09 Å². The number of nitrogens with zero attached hydrogens (tertiary/aromatic N) is 2. The highest BCUT2D eigenvalue weighted by Crippen LogP contribution is 2.33. The maximum atomic E-state index is 11.8. The molecular weight excluding hydrogens is 242 g/mol. The molecule has 110 valence electrons. The summed E-state index contributed by atoms with van der Waals surface area (Å²) in [6, 6.07) is 0.570. The molecule has 1 unspecified atom stereocenters. The van der Waals surface area contributed by atoms with Crippen LogP contribution in [0.5, 0.6) is 0 Å². The van der Waals surface area contributed by atoms with Crippen LogP contribution >= 0.6 is 0 Å². The third-order valence-corrected chi connectivity index (χ3v) is 4.29. The molecule has 0 aromatic carbocycles. The van der Waals surface area contributed by atoms with Crippen LogP contribution in [0.3, 0.4) is 0 Å².